The van der Waals surface area contributed by atoms with Crippen LogP contribution in [-0.4, -0.2) is 26.0 Å². The van der Waals surface area contributed by atoms with E-state index in [4.69, 9.17) is 9.47 Å². The van der Waals surface area contributed by atoms with Crippen LogP contribution >= 0.6 is 0 Å². The quantitative estimate of drug-likeness (QED) is 0.174. The van der Waals surface area contributed by atoms with E-state index < -0.39 is 58.5 Å². The molecule has 242 valence electrons. The molecule has 0 bridgehead atoms. The van der Waals surface area contributed by atoms with Crippen LogP contribution in [0.5, 0.6) is 11.5 Å². The molecule has 0 fully saturated rings. The lowest BCUT2D eigenvalue weighted by Gasteiger charge is -2.20. The second-order valence-corrected chi connectivity index (χ2v) is 12.0. The van der Waals surface area contributed by atoms with E-state index >= 15 is 0 Å². The molecule has 6 rings (SSSR count). The summed E-state index contributed by atoms with van der Waals surface area (Å²) in [4.78, 5) is 12.7. The van der Waals surface area contributed by atoms with Crippen molar-refractivity contribution in [1.82, 2.24) is 14.3 Å². The largest absolute Gasteiger partial charge is 0.457 e. The molecule has 47 heavy (non-hydrogen) atoms. The fraction of sp³-hybridized carbons (Fsp3) is 0.200. The van der Waals surface area contributed by atoms with Crippen LogP contribution in [0.15, 0.2) is 79.0 Å². The van der Waals surface area contributed by atoms with E-state index in [1.807, 2.05) is 0 Å². The lowest BCUT2D eigenvalue weighted by molar-refractivity contribution is -0.136. The van der Waals surface area contributed by atoms with Crippen molar-refractivity contribution in [2.75, 3.05) is 0 Å². The van der Waals surface area contributed by atoms with Gasteiger partial charge in [0.2, 0.25) is 0 Å². The fourth-order valence-electron chi connectivity index (χ4n) is 5.35. The number of fused-ring (bicyclic) bond motifs is 2. The molecule has 6 aromatic rings. The first-order valence-electron chi connectivity index (χ1n) is 14.4. The van der Waals surface area contributed by atoms with Crippen molar-refractivity contribution in [3.63, 3.8) is 0 Å². The molecule has 0 amide bonds. The number of benzene rings is 4. The number of rotatable bonds is 5. The average molecular weight is 652 g/mol. The maximum absolute atomic E-state index is 14.7. The number of aromatic nitrogens is 3. The molecule has 0 saturated heterocycles. The fourth-order valence-corrected chi connectivity index (χ4v) is 5.35. The van der Waals surface area contributed by atoms with Gasteiger partial charge in [0, 0.05) is 40.2 Å². The summed E-state index contributed by atoms with van der Waals surface area (Å²) in [6.07, 6.45) is -3.70. The normalized spacial score (nSPS) is 12.2. The van der Waals surface area contributed by atoms with Gasteiger partial charge in [-0.3, -0.25) is 9.25 Å². The number of alkyl halides is 3. The lowest BCUT2D eigenvalue weighted by atomic mass is 10.0. The summed E-state index contributed by atoms with van der Waals surface area (Å²) in [6, 6.07) is 16.2. The second-order valence-electron chi connectivity index (χ2n) is 12.0. The molecule has 6 nitrogen and oxygen atoms in total. The first kappa shape index (κ1) is 31.7. The van der Waals surface area contributed by atoms with Gasteiger partial charge < -0.3 is 9.47 Å². The van der Waals surface area contributed by atoms with E-state index in [1.54, 1.807) is 76.4 Å². The highest BCUT2D eigenvalue weighted by Gasteiger charge is 2.35. The zero-order valence-electron chi connectivity index (χ0n) is 25.5. The molecule has 0 aliphatic rings. The highest BCUT2D eigenvalue weighted by Crippen LogP contribution is 2.40. The third-order valence-electron chi connectivity index (χ3n) is 7.40. The Balaban J connectivity index is 1.42. The third-order valence-corrected chi connectivity index (χ3v) is 7.40. The van der Waals surface area contributed by atoms with Crippen molar-refractivity contribution in [3.8, 4) is 22.8 Å². The molecule has 2 aromatic heterocycles. The van der Waals surface area contributed by atoms with Gasteiger partial charge in [0.15, 0.2) is 0 Å². The summed E-state index contributed by atoms with van der Waals surface area (Å²) in [5, 5.41) is 4.92. The topological polar surface area (TPSA) is 58.3 Å². The predicted molar refractivity (Wildman–Crippen MR) is 164 cm³/mol. The third kappa shape index (κ3) is 6.27. The molecule has 0 radical (unpaired) electrons. The molecular weight excluding hydrogens is 624 g/mol. The van der Waals surface area contributed by atoms with Crippen molar-refractivity contribution < 1.29 is 40.6 Å². The first-order valence-corrected chi connectivity index (χ1v) is 14.4. The van der Waals surface area contributed by atoms with Crippen LogP contribution in [0.2, 0.25) is 0 Å². The summed E-state index contributed by atoms with van der Waals surface area (Å²) in [5.41, 5.74) is -0.919. The Labute approximate surface area is 264 Å². The number of hydrogen-bond donors (Lipinski definition) is 0. The van der Waals surface area contributed by atoms with Gasteiger partial charge in [0.05, 0.1) is 23.3 Å². The summed E-state index contributed by atoms with van der Waals surface area (Å²) in [7, 11) is 0. The van der Waals surface area contributed by atoms with Gasteiger partial charge in [-0.1, -0.05) is 24.3 Å². The smallest absolute Gasteiger partial charge is 0.418 e. The van der Waals surface area contributed by atoms with Gasteiger partial charge in [-0.15, -0.1) is 0 Å². The number of aryl methyl sites for hydroxylation is 1. The van der Waals surface area contributed by atoms with E-state index in [-0.39, 0.29) is 11.1 Å². The Kier molecular flexibility index (Phi) is 7.77. The van der Waals surface area contributed by atoms with Crippen molar-refractivity contribution in [3.05, 3.63) is 113 Å². The standard InChI is InChI=1S/C35H27F6N3O3/c1-19-13-29-20(11-12-43(29)33(45)47-34(2,3)4)15-30(19)46-23-8-5-7-21(14-23)32-24-9-6-10-26(35(39,40)41)31(24)42-44(32)18-25-27(37)16-22(36)17-28(25)38/h5-17H,18H2,1-4H3. The minimum atomic E-state index is -4.76. The average Bonchev–Trinajstić information content (AvgIpc) is 3.54. The molecule has 0 atom stereocenters. The Bertz CT molecular complexity index is 2150. The van der Waals surface area contributed by atoms with E-state index in [0.717, 1.165) is 10.7 Å². The van der Waals surface area contributed by atoms with Crippen LogP contribution in [0.1, 0.15) is 37.5 Å². The van der Waals surface area contributed by atoms with E-state index in [0.29, 0.717) is 45.7 Å². The molecule has 0 spiro atoms. The van der Waals surface area contributed by atoms with Crippen molar-refractivity contribution in [2.24, 2.45) is 0 Å². The minimum absolute atomic E-state index is 0.0842. The molecule has 0 saturated carbocycles. The van der Waals surface area contributed by atoms with Gasteiger partial charge >= 0.3 is 12.3 Å². The molecule has 0 unspecified atom stereocenters. The summed E-state index contributed by atoms with van der Waals surface area (Å²) < 4.78 is 99.1. The molecule has 12 heteroatoms. The van der Waals surface area contributed by atoms with Gasteiger partial charge in [-0.05, 0) is 69.7 Å². The van der Waals surface area contributed by atoms with E-state index in [9.17, 15) is 31.1 Å². The summed E-state index contributed by atoms with van der Waals surface area (Å²) >= 11 is 0. The summed E-state index contributed by atoms with van der Waals surface area (Å²) in [5.74, 6) is -2.78. The van der Waals surface area contributed by atoms with Crippen LogP contribution in [0.3, 0.4) is 0 Å². The van der Waals surface area contributed by atoms with Crippen LogP contribution in [0, 0.1) is 24.4 Å². The number of halogens is 6. The second kappa shape index (κ2) is 11.5. The Hall–Kier alpha value is -5.26. The maximum atomic E-state index is 14.7. The summed E-state index contributed by atoms with van der Waals surface area (Å²) in [6.45, 7) is 6.48. The van der Waals surface area contributed by atoms with Crippen LogP contribution in [-0.2, 0) is 17.5 Å². The number of carbonyl (C=O) groups excluding carboxylic acids is 1. The first-order chi connectivity index (χ1) is 22.1. The molecule has 2 heterocycles. The Morgan fingerprint density at radius 3 is 2.28 bits per heavy atom. The van der Waals surface area contributed by atoms with Gasteiger partial charge in [0.25, 0.3) is 0 Å². The minimum Gasteiger partial charge on any atom is -0.457 e. The molecule has 0 aliphatic carbocycles. The van der Waals surface area contributed by atoms with Crippen LogP contribution < -0.4 is 4.74 Å². The monoisotopic (exact) mass is 651 g/mol. The zero-order chi connectivity index (χ0) is 33.8. The number of ether oxygens (including phenoxy) is 2. The lowest BCUT2D eigenvalue weighted by Crippen LogP contribution is -2.26. The molecule has 0 N–H and O–H groups in total. The molecule has 0 aliphatic heterocycles. The van der Waals surface area contributed by atoms with Gasteiger partial charge in [-0.25, -0.2) is 18.0 Å². The number of nitrogens with zero attached hydrogens (tertiary/aromatic N) is 3. The maximum Gasteiger partial charge on any atom is 0.418 e. The van der Waals surface area contributed by atoms with E-state index in [1.165, 1.54) is 16.7 Å². The molecule has 4 aromatic carbocycles. The number of hydrogen-bond acceptors (Lipinski definition) is 4. The zero-order valence-corrected chi connectivity index (χ0v) is 25.5. The van der Waals surface area contributed by atoms with Gasteiger partial charge in [-0.2, -0.15) is 18.3 Å². The van der Waals surface area contributed by atoms with Gasteiger partial charge in [0.1, 0.15) is 40.1 Å². The number of carbonyl (C=O) groups is 1. The SMILES string of the molecule is Cc1cc2c(ccn2C(=O)OC(C)(C)C)cc1Oc1cccc(-c2c3cccc(C(F)(F)F)c3nn2Cc2c(F)cc(F)cc2F)c1. The van der Waals surface area contributed by atoms with Crippen LogP contribution in [0.4, 0.5) is 31.1 Å². The van der Waals surface area contributed by atoms with Crippen molar-refractivity contribution >= 4 is 27.9 Å². The predicted octanol–water partition coefficient (Wildman–Crippen LogP) is 10.0. The Morgan fingerprint density at radius 1 is 0.894 bits per heavy atom. The van der Waals surface area contributed by atoms with Crippen molar-refractivity contribution in [2.45, 2.75) is 46.0 Å². The Morgan fingerprint density at radius 2 is 1.60 bits per heavy atom. The van der Waals surface area contributed by atoms with E-state index in [2.05, 4.69) is 5.10 Å². The molecular formula is C35H27F6N3O3. The highest BCUT2D eigenvalue weighted by atomic mass is 19.4. The highest BCUT2D eigenvalue weighted by molar-refractivity contribution is 5.96. The van der Waals surface area contributed by atoms with Crippen LogP contribution in [0.25, 0.3) is 33.1 Å². The van der Waals surface area contributed by atoms with Crippen molar-refractivity contribution in [1.29, 1.82) is 0 Å².